The Balaban J connectivity index is 1.73. The molecule has 1 aliphatic heterocycles. The van der Waals surface area contributed by atoms with Gasteiger partial charge in [-0.3, -0.25) is 4.79 Å². The van der Waals surface area contributed by atoms with Crippen LogP contribution in [0.1, 0.15) is 35.1 Å². The third-order valence-electron chi connectivity index (χ3n) is 3.54. The predicted molar refractivity (Wildman–Crippen MR) is 69.7 cm³/mol. The molecule has 1 saturated heterocycles. The second kappa shape index (κ2) is 4.87. The van der Waals surface area contributed by atoms with Gasteiger partial charge in [0, 0.05) is 44.6 Å². The molecule has 0 aliphatic carbocycles. The fourth-order valence-electron chi connectivity index (χ4n) is 2.57. The van der Waals surface area contributed by atoms with Crippen LogP contribution in [-0.2, 0) is 7.05 Å². The molecule has 0 saturated carbocycles. The predicted octanol–water partition coefficient (Wildman–Crippen LogP) is 1.16. The number of nitrogens with one attached hydrogen (secondary N) is 1. The monoisotopic (exact) mass is 259 g/mol. The first-order valence-corrected chi connectivity index (χ1v) is 6.50. The number of nitrogens with zero attached hydrogens (tertiary/aromatic N) is 4. The summed E-state index contributed by atoms with van der Waals surface area (Å²) in [5, 5.41) is 0. The minimum absolute atomic E-state index is 0.0110. The molecule has 3 heterocycles. The zero-order valence-corrected chi connectivity index (χ0v) is 10.9. The van der Waals surface area contributed by atoms with Gasteiger partial charge >= 0.3 is 0 Å². The number of hydrogen-bond donors (Lipinski definition) is 1. The molecule has 19 heavy (non-hydrogen) atoms. The van der Waals surface area contributed by atoms with E-state index in [2.05, 4.69) is 15.0 Å². The first-order chi connectivity index (χ1) is 9.24. The summed E-state index contributed by atoms with van der Waals surface area (Å²) in [7, 11) is 1.87. The molecule has 0 radical (unpaired) electrons. The van der Waals surface area contributed by atoms with Crippen LogP contribution in [0.5, 0.6) is 0 Å². The van der Waals surface area contributed by atoms with E-state index in [1.54, 1.807) is 23.3 Å². The molecule has 0 unspecified atom stereocenters. The molecule has 1 amide bonds. The maximum atomic E-state index is 12.3. The Labute approximate surface area is 111 Å². The maximum Gasteiger partial charge on any atom is 0.274 e. The molecule has 6 heteroatoms. The minimum Gasteiger partial charge on any atom is -0.348 e. The first-order valence-electron chi connectivity index (χ1n) is 6.50. The quantitative estimate of drug-likeness (QED) is 0.880. The summed E-state index contributed by atoms with van der Waals surface area (Å²) in [6.45, 7) is 1.51. The average Bonchev–Trinajstić information content (AvgIpc) is 3.09. The van der Waals surface area contributed by atoms with Crippen molar-refractivity contribution in [1.82, 2.24) is 24.4 Å². The van der Waals surface area contributed by atoms with Crippen LogP contribution in [0.25, 0.3) is 0 Å². The largest absolute Gasteiger partial charge is 0.348 e. The maximum absolute atomic E-state index is 12.3. The molecule has 0 aromatic carbocycles. The molecular weight excluding hydrogens is 242 g/mol. The summed E-state index contributed by atoms with van der Waals surface area (Å²) < 4.78 is 1.79. The lowest BCUT2D eigenvalue weighted by Gasteiger charge is -2.31. The summed E-state index contributed by atoms with van der Waals surface area (Å²) in [6, 6.07) is 0. The Bertz CT molecular complexity index is 559. The van der Waals surface area contributed by atoms with Crippen LogP contribution in [0.15, 0.2) is 24.9 Å². The summed E-state index contributed by atoms with van der Waals surface area (Å²) in [5.41, 5.74) is 0.516. The Morgan fingerprint density at radius 1 is 1.47 bits per heavy atom. The molecule has 6 nitrogen and oxygen atoms in total. The van der Waals surface area contributed by atoms with Crippen LogP contribution in [0.2, 0.25) is 0 Å². The third-order valence-corrected chi connectivity index (χ3v) is 3.54. The molecule has 2 aromatic rings. The van der Waals surface area contributed by atoms with Gasteiger partial charge in [0.2, 0.25) is 0 Å². The van der Waals surface area contributed by atoms with Gasteiger partial charge in [-0.15, -0.1) is 0 Å². The number of aromatic amines is 1. The Kier molecular flexibility index (Phi) is 3.06. The van der Waals surface area contributed by atoms with Crippen molar-refractivity contribution in [3.05, 3.63) is 36.4 Å². The lowest BCUT2D eigenvalue weighted by atomic mass is 9.97. The van der Waals surface area contributed by atoms with Crippen LogP contribution in [0, 0.1) is 0 Å². The van der Waals surface area contributed by atoms with Crippen molar-refractivity contribution in [1.29, 1.82) is 0 Å². The zero-order valence-electron chi connectivity index (χ0n) is 10.9. The van der Waals surface area contributed by atoms with Crippen molar-refractivity contribution in [2.75, 3.05) is 13.1 Å². The Hall–Kier alpha value is -2.11. The van der Waals surface area contributed by atoms with E-state index in [1.165, 1.54) is 0 Å². The van der Waals surface area contributed by atoms with E-state index in [-0.39, 0.29) is 5.91 Å². The number of piperidine rings is 1. The van der Waals surface area contributed by atoms with E-state index in [1.807, 2.05) is 18.1 Å². The Morgan fingerprint density at radius 2 is 2.37 bits per heavy atom. The SMILES string of the molecule is Cn1cnc(C(=O)N2CCC[C@H](c3ncc[nH]3)C2)c1. The summed E-state index contributed by atoms with van der Waals surface area (Å²) in [5.74, 6) is 1.28. The van der Waals surface area contributed by atoms with Crippen LogP contribution in [-0.4, -0.2) is 43.4 Å². The molecule has 0 spiro atoms. The van der Waals surface area contributed by atoms with Gasteiger partial charge in [0.25, 0.3) is 5.91 Å². The number of carbonyl (C=O) groups excluding carboxylic acids is 1. The van der Waals surface area contributed by atoms with Crippen LogP contribution >= 0.6 is 0 Å². The average molecular weight is 259 g/mol. The van der Waals surface area contributed by atoms with Crippen molar-refractivity contribution in [2.45, 2.75) is 18.8 Å². The standard InChI is InChI=1S/C13H17N5O/c1-17-8-11(16-9-17)13(19)18-6-2-3-10(7-18)12-14-4-5-15-12/h4-5,8-10H,2-3,6-7H2,1H3,(H,14,15)/t10-/m0/s1. The van der Waals surface area contributed by atoms with Crippen molar-refractivity contribution >= 4 is 5.91 Å². The van der Waals surface area contributed by atoms with Gasteiger partial charge in [-0.05, 0) is 12.8 Å². The molecule has 1 aliphatic rings. The lowest BCUT2D eigenvalue weighted by Crippen LogP contribution is -2.39. The summed E-state index contributed by atoms with van der Waals surface area (Å²) >= 11 is 0. The highest BCUT2D eigenvalue weighted by atomic mass is 16.2. The molecule has 1 fully saturated rings. The number of rotatable bonds is 2. The molecule has 0 bridgehead atoms. The van der Waals surface area contributed by atoms with Gasteiger partial charge in [0.05, 0.1) is 6.33 Å². The summed E-state index contributed by atoms with van der Waals surface area (Å²) in [4.78, 5) is 25.8. The van der Waals surface area contributed by atoms with Crippen molar-refractivity contribution in [3.63, 3.8) is 0 Å². The van der Waals surface area contributed by atoms with E-state index in [9.17, 15) is 4.79 Å². The highest BCUT2D eigenvalue weighted by molar-refractivity contribution is 5.92. The van der Waals surface area contributed by atoms with E-state index in [4.69, 9.17) is 0 Å². The molecule has 100 valence electrons. The number of H-pyrrole nitrogens is 1. The fraction of sp³-hybridized carbons (Fsp3) is 0.462. The number of carbonyl (C=O) groups is 1. The second-order valence-corrected chi connectivity index (χ2v) is 4.99. The number of likely N-dealkylation sites (tertiary alicyclic amines) is 1. The fourth-order valence-corrected chi connectivity index (χ4v) is 2.57. The molecule has 2 aromatic heterocycles. The number of aryl methyl sites for hydroxylation is 1. The van der Waals surface area contributed by atoms with Gasteiger partial charge in [-0.1, -0.05) is 0 Å². The number of aromatic nitrogens is 4. The summed E-state index contributed by atoms with van der Waals surface area (Å²) in [6.07, 6.45) is 9.08. The Morgan fingerprint density at radius 3 is 3.05 bits per heavy atom. The van der Waals surface area contributed by atoms with Crippen LogP contribution < -0.4 is 0 Å². The van der Waals surface area contributed by atoms with Crippen molar-refractivity contribution < 1.29 is 4.79 Å². The van der Waals surface area contributed by atoms with Gasteiger partial charge in [0.15, 0.2) is 0 Å². The lowest BCUT2D eigenvalue weighted by molar-refractivity contribution is 0.0699. The molecular formula is C13H17N5O. The zero-order chi connectivity index (χ0) is 13.2. The highest BCUT2D eigenvalue weighted by Crippen LogP contribution is 2.25. The molecule has 1 N–H and O–H groups in total. The van der Waals surface area contributed by atoms with E-state index < -0.39 is 0 Å². The van der Waals surface area contributed by atoms with Crippen LogP contribution in [0.4, 0.5) is 0 Å². The van der Waals surface area contributed by atoms with E-state index in [0.29, 0.717) is 18.2 Å². The normalized spacial score (nSPS) is 19.6. The minimum atomic E-state index is 0.0110. The smallest absolute Gasteiger partial charge is 0.274 e. The number of amides is 1. The second-order valence-electron chi connectivity index (χ2n) is 4.99. The number of imidazole rings is 2. The van der Waals surface area contributed by atoms with Gasteiger partial charge < -0.3 is 14.5 Å². The van der Waals surface area contributed by atoms with E-state index >= 15 is 0 Å². The van der Waals surface area contributed by atoms with Crippen molar-refractivity contribution in [3.8, 4) is 0 Å². The van der Waals surface area contributed by atoms with E-state index in [0.717, 1.165) is 25.2 Å². The topological polar surface area (TPSA) is 66.8 Å². The molecule has 3 rings (SSSR count). The van der Waals surface area contributed by atoms with Gasteiger partial charge in [-0.25, -0.2) is 9.97 Å². The van der Waals surface area contributed by atoms with Gasteiger partial charge in [0.1, 0.15) is 11.5 Å². The van der Waals surface area contributed by atoms with Crippen molar-refractivity contribution in [2.24, 2.45) is 7.05 Å². The van der Waals surface area contributed by atoms with Gasteiger partial charge in [-0.2, -0.15) is 0 Å². The van der Waals surface area contributed by atoms with Crippen LogP contribution in [0.3, 0.4) is 0 Å². The molecule has 1 atom stereocenters. The highest BCUT2D eigenvalue weighted by Gasteiger charge is 2.27. The first kappa shape index (κ1) is 12.0. The number of hydrogen-bond acceptors (Lipinski definition) is 3. The third kappa shape index (κ3) is 2.38.